The van der Waals surface area contributed by atoms with Gasteiger partial charge in [0, 0.05) is 50.8 Å². The molecule has 0 bridgehead atoms. The summed E-state index contributed by atoms with van der Waals surface area (Å²) in [6.07, 6.45) is 2.89. The highest BCUT2D eigenvalue weighted by Crippen LogP contribution is 2.38. The normalized spacial score (nSPS) is 22.5. The van der Waals surface area contributed by atoms with Crippen LogP contribution in [-0.4, -0.2) is 47.4 Å². The van der Waals surface area contributed by atoms with Crippen LogP contribution in [0, 0.1) is 0 Å². The first-order valence-electron chi connectivity index (χ1n) is 8.65. The Balaban J connectivity index is 1.44. The summed E-state index contributed by atoms with van der Waals surface area (Å²) in [6.45, 7) is 3.08. The van der Waals surface area contributed by atoms with E-state index in [1.54, 1.807) is 0 Å². The van der Waals surface area contributed by atoms with Crippen molar-refractivity contribution in [2.75, 3.05) is 26.3 Å². The van der Waals surface area contributed by atoms with Gasteiger partial charge in [0.25, 0.3) is 5.89 Å². The van der Waals surface area contributed by atoms with Crippen LogP contribution >= 0.6 is 0 Å². The first kappa shape index (κ1) is 15.7. The second-order valence-electron chi connectivity index (χ2n) is 6.63. The molecule has 2 aromatic rings. The molecular weight excluding hydrogens is 309 g/mol. The molecule has 128 valence electrons. The van der Waals surface area contributed by atoms with Crippen LogP contribution < -0.4 is 0 Å². The SMILES string of the molecule is FC1(c2nc(-c3ccccc3)no2)CCN(C2CCOCC2)CC1. The molecule has 0 N–H and O–H groups in total. The van der Waals surface area contributed by atoms with Gasteiger partial charge in [0.05, 0.1) is 0 Å². The Hall–Kier alpha value is -1.79. The molecule has 0 aliphatic carbocycles. The number of ether oxygens (including phenoxy) is 1. The first-order valence-corrected chi connectivity index (χ1v) is 8.65. The molecule has 1 aromatic carbocycles. The van der Waals surface area contributed by atoms with E-state index in [0.717, 1.165) is 44.7 Å². The van der Waals surface area contributed by atoms with Gasteiger partial charge in [-0.2, -0.15) is 4.98 Å². The fourth-order valence-corrected chi connectivity index (χ4v) is 3.62. The number of hydrogen-bond acceptors (Lipinski definition) is 5. The fourth-order valence-electron chi connectivity index (χ4n) is 3.62. The predicted molar refractivity (Wildman–Crippen MR) is 87.2 cm³/mol. The number of hydrogen-bond donors (Lipinski definition) is 0. The van der Waals surface area contributed by atoms with E-state index in [0.29, 0.717) is 24.7 Å². The zero-order valence-corrected chi connectivity index (χ0v) is 13.7. The summed E-state index contributed by atoms with van der Waals surface area (Å²) in [5.74, 6) is 0.572. The van der Waals surface area contributed by atoms with Crippen LogP contribution in [0.1, 0.15) is 31.6 Å². The topological polar surface area (TPSA) is 51.4 Å². The minimum atomic E-state index is -1.51. The molecule has 0 radical (unpaired) electrons. The molecule has 1 aromatic heterocycles. The number of piperidine rings is 1. The minimum absolute atomic E-state index is 0.119. The first-order chi connectivity index (χ1) is 11.7. The Kier molecular flexibility index (Phi) is 4.33. The lowest BCUT2D eigenvalue weighted by molar-refractivity contribution is -0.0183. The lowest BCUT2D eigenvalue weighted by Crippen LogP contribution is -2.47. The third-order valence-electron chi connectivity index (χ3n) is 5.14. The lowest BCUT2D eigenvalue weighted by Gasteiger charge is -2.40. The van der Waals surface area contributed by atoms with E-state index < -0.39 is 5.67 Å². The van der Waals surface area contributed by atoms with E-state index in [2.05, 4.69) is 15.0 Å². The van der Waals surface area contributed by atoms with Gasteiger partial charge in [-0.1, -0.05) is 35.5 Å². The lowest BCUT2D eigenvalue weighted by atomic mass is 9.91. The number of aromatic nitrogens is 2. The summed E-state index contributed by atoms with van der Waals surface area (Å²) >= 11 is 0. The maximum absolute atomic E-state index is 15.3. The van der Waals surface area contributed by atoms with Crippen molar-refractivity contribution in [3.05, 3.63) is 36.2 Å². The Morgan fingerprint density at radius 2 is 1.79 bits per heavy atom. The number of benzene rings is 1. The Bertz CT molecular complexity index is 662. The molecule has 2 fully saturated rings. The van der Waals surface area contributed by atoms with Gasteiger partial charge >= 0.3 is 0 Å². The van der Waals surface area contributed by atoms with Crippen molar-refractivity contribution >= 4 is 0 Å². The van der Waals surface area contributed by atoms with Crippen LogP contribution in [0.2, 0.25) is 0 Å². The molecule has 0 unspecified atom stereocenters. The number of likely N-dealkylation sites (tertiary alicyclic amines) is 1. The van der Waals surface area contributed by atoms with Gasteiger partial charge in [-0.15, -0.1) is 0 Å². The fraction of sp³-hybridized carbons (Fsp3) is 0.556. The van der Waals surface area contributed by atoms with Gasteiger partial charge < -0.3 is 9.26 Å². The maximum Gasteiger partial charge on any atom is 0.264 e. The molecule has 0 atom stereocenters. The van der Waals surface area contributed by atoms with Gasteiger partial charge in [-0.25, -0.2) is 4.39 Å². The number of alkyl halides is 1. The van der Waals surface area contributed by atoms with Crippen LogP contribution in [0.4, 0.5) is 4.39 Å². The second-order valence-corrected chi connectivity index (χ2v) is 6.63. The smallest absolute Gasteiger partial charge is 0.264 e. The zero-order valence-electron chi connectivity index (χ0n) is 13.7. The molecule has 6 heteroatoms. The summed E-state index contributed by atoms with van der Waals surface area (Å²) < 4.78 is 26.0. The maximum atomic E-state index is 15.3. The summed E-state index contributed by atoms with van der Waals surface area (Å²) in [5, 5.41) is 3.96. The van der Waals surface area contributed by atoms with Crippen LogP contribution in [0.3, 0.4) is 0 Å². The standard InChI is InChI=1S/C18H22FN3O2/c19-18(8-10-22(11-9-18)15-6-12-23-13-7-15)17-20-16(21-24-17)14-4-2-1-3-5-14/h1-5,15H,6-13H2. The Labute approximate surface area is 140 Å². The molecule has 0 amide bonds. The van der Waals surface area contributed by atoms with E-state index in [1.165, 1.54) is 0 Å². The Morgan fingerprint density at radius 1 is 1.08 bits per heavy atom. The summed E-state index contributed by atoms with van der Waals surface area (Å²) in [5.41, 5.74) is -0.669. The van der Waals surface area contributed by atoms with Crippen molar-refractivity contribution in [1.82, 2.24) is 15.0 Å². The summed E-state index contributed by atoms with van der Waals surface area (Å²) in [4.78, 5) is 6.71. The molecule has 5 nitrogen and oxygen atoms in total. The third-order valence-corrected chi connectivity index (χ3v) is 5.14. The molecule has 4 rings (SSSR count). The van der Waals surface area contributed by atoms with Crippen LogP contribution in [0.15, 0.2) is 34.9 Å². The number of rotatable bonds is 3. The van der Waals surface area contributed by atoms with E-state index in [4.69, 9.17) is 9.26 Å². The van der Waals surface area contributed by atoms with E-state index in [1.807, 2.05) is 30.3 Å². The molecule has 2 aliphatic rings. The highest BCUT2D eigenvalue weighted by atomic mass is 19.1. The number of nitrogens with zero attached hydrogens (tertiary/aromatic N) is 3. The highest BCUT2D eigenvalue weighted by Gasteiger charge is 2.42. The third kappa shape index (κ3) is 3.08. The quantitative estimate of drug-likeness (QED) is 0.864. The van der Waals surface area contributed by atoms with Crippen LogP contribution in [0.5, 0.6) is 0 Å². The van der Waals surface area contributed by atoms with Crippen LogP contribution in [0.25, 0.3) is 11.4 Å². The van der Waals surface area contributed by atoms with Crippen LogP contribution in [-0.2, 0) is 10.4 Å². The van der Waals surface area contributed by atoms with Crippen molar-refractivity contribution in [2.45, 2.75) is 37.4 Å². The second kappa shape index (κ2) is 6.61. The predicted octanol–water partition coefficient (Wildman–Crippen LogP) is 3.18. The van der Waals surface area contributed by atoms with Crippen molar-refractivity contribution in [3.63, 3.8) is 0 Å². The van der Waals surface area contributed by atoms with Crippen molar-refractivity contribution in [2.24, 2.45) is 0 Å². The average Bonchev–Trinajstić information content (AvgIpc) is 3.15. The van der Waals surface area contributed by atoms with Gasteiger partial charge in [0.2, 0.25) is 5.82 Å². The van der Waals surface area contributed by atoms with E-state index in [9.17, 15) is 0 Å². The van der Waals surface area contributed by atoms with Gasteiger partial charge in [0.15, 0.2) is 5.67 Å². The van der Waals surface area contributed by atoms with Gasteiger partial charge in [-0.05, 0) is 12.8 Å². The van der Waals surface area contributed by atoms with Gasteiger partial charge in [-0.3, -0.25) is 4.90 Å². The molecule has 2 saturated heterocycles. The van der Waals surface area contributed by atoms with Crippen molar-refractivity contribution < 1.29 is 13.7 Å². The number of halogens is 1. The average molecular weight is 331 g/mol. The summed E-state index contributed by atoms with van der Waals surface area (Å²) in [7, 11) is 0. The Morgan fingerprint density at radius 3 is 2.50 bits per heavy atom. The van der Waals surface area contributed by atoms with E-state index in [-0.39, 0.29) is 5.89 Å². The van der Waals surface area contributed by atoms with E-state index >= 15 is 4.39 Å². The molecule has 0 saturated carbocycles. The largest absolute Gasteiger partial charge is 0.381 e. The molecule has 0 spiro atoms. The van der Waals surface area contributed by atoms with Crippen molar-refractivity contribution in [1.29, 1.82) is 0 Å². The molecule has 3 heterocycles. The summed E-state index contributed by atoms with van der Waals surface area (Å²) in [6, 6.07) is 10.0. The van der Waals surface area contributed by atoms with Crippen molar-refractivity contribution in [3.8, 4) is 11.4 Å². The highest BCUT2D eigenvalue weighted by molar-refractivity contribution is 5.53. The van der Waals surface area contributed by atoms with Gasteiger partial charge in [0.1, 0.15) is 0 Å². The zero-order chi connectivity index (χ0) is 16.4. The molecule has 2 aliphatic heterocycles. The molecular formula is C18H22FN3O2. The minimum Gasteiger partial charge on any atom is -0.381 e. The monoisotopic (exact) mass is 331 g/mol. The molecule has 24 heavy (non-hydrogen) atoms.